The Labute approximate surface area is 223 Å². The molecule has 2 aliphatic heterocycles. The number of ether oxygens (including phenoxy) is 6. The van der Waals surface area contributed by atoms with E-state index < -0.39 is 0 Å². The number of hydrogen-bond acceptors (Lipinski definition) is 9. The SMILES string of the molecule is COc1cc(/C=C/C(=O)N2CCN(CC(CO)COc3cccc4c3OCCO4)CC2)cc(OC)c1OC. The van der Waals surface area contributed by atoms with E-state index in [9.17, 15) is 9.90 Å². The molecule has 38 heavy (non-hydrogen) atoms. The number of benzene rings is 2. The third-order valence-electron chi connectivity index (χ3n) is 6.57. The Kier molecular flexibility index (Phi) is 9.56. The summed E-state index contributed by atoms with van der Waals surface area (Å²) in [7, 11) is 4.66. The molecule has 206 valence electrons. The number of rotatable bonds is 11. The maximum Gasteiger partial charge on any atom is 0.246 e. The minimum Gasteiger partial charge on any atom is -0.493 e. The van der Waals surface area contributed by atoms with Gasteiger partial charge in [0.25, 0.3) is 0 Å². The summed E-state index contributed by atoms with van der Waals surface area (Å²) >= 11 is 0. The number of piperazine rings is 1. The van der Waals surface area contributed by atoms with Gasteiger partial charge < -0.3 is 38.4 Å². The summed E-state index contributed by atoms with van der Waals surface area (Å²) in [5.41, 5.74) is 0.772. The van der Waals surface area contributed by atoms with Crippen molar-refractivity contribution in [2.45, 2.75) is 0 Å². The molecule has 0 aromatic heterocycles. The summed E-state index contributed by atoms with van der Waals surface area (Å²) < 4.78 is 33.4. The molecule has 1 unspecified atom stereocenters. The number of nitrogens with zero attached hydrogens (tertiary/aromatic N) is 2. The van der Waals surface area contributed by atoms with Gasteiger partial charge in [0.1, 0.15) is 13.2 Å². The lowest BCUT2D eigenvalue weighted by Gasteiger charge is -2.35. The zero-order valence-electron chi connectivity index (χ0n) is 22.2. The predicted octanol–water partition coefficient (Wildman–Crippen LogP) is 2.33. The molecule has 0 radical (unpaired) electrons. The Morgan fingerprint density at radius 2 is 1.71 bits per heavy atom. The number of aliphatic hydroxyl groups excluding tert-OH is 1. The molecule has 2 aliphatic rings. The molecule has 1 N–H and O–H groups in total. The lowest BCUT2D eigenvalue weighted by Crippen LogP contribution is -2.50. The Hall–Kier alpha value is -3.63. The number of amides is 1. The van der Waals surface area contributed by atoms with Crippen LogP contribution in [0.15, 0.2) is 36.4 Å². The van der Waals surface area contributed by atoms with Gasteiger partial charge in [-0.1, -0.05) is 6.07 Å². The van der Waals surface area contributed by atoms with Crippen LogP contribution in [0.1, 0.15) is 5.56 Å². The molecule has 2 aromatic rings. The van der Waals surface area contributed by atoms with Gasteiger partial charge in [-0.3, -0.25) is 9.69 Å². The van der Waals surface area contributed by atoms with Crippen molar-refractivity contribution >= 4 is 12.0 Å². The van der Waals surface area contributed by atoms with Crippen molar-refractivity contribution in [2.75, 3.05) is 80.5 Å². The largest absolute Gasteiger partial charge is 0.493 e. The van der Waals surface area contributed by atoms with Crippen molar-refractivity contribution in [1.29, 1.82) is 0 Å². The van der Waals surface area contributed by atoms with E-state index in [2.05, 4.69) is 4.90 Å². The fourth-order valence-corrected chi connectivity index (χ4v) is 4.52. The van der Waals surface area contributed by atoms with Gasteiger partial charge in [0.15, 0.2) is 23.0 Å². The lowest BCUT2D eigenvalue weighted by molar-refractivity contribution is -0.127. The van der Waals surface area contributed by atoms with Crippen LogP contribution in [0.4, 0.5) is 0 Å². The zero-order chi connectivity index (χ0) is 26.9. The van der Waals surface area contributed by atoms with Crippen molar-refractivity contribution in [2.24, 2.45) is 5.92 Å². The highest BCUT2D eigenvalue weighted by molar-refractivity contribution is 5.92. The average Bonchev–Trinajstić information content (AvgIpc) is 2.97. The second-order valence-electron chi connectivity index (χ2n) is 9.06. The summed E-state index contributed by atoms with van der Waals surface area (Å²) in [4.78, 5) is 16.9. The molecule has 1 amide bonds. The maximum atomic E-state index is 12.8. The molecule has 0 spiro atoms. The van der Waals surface area contributed by atoms with Crippen molar-refractivity contribution in [3.05, 3.63) is 42.0 Å². The molecule has 1 atom stereocenters. The summed E-state index contributed by atoms with van der Waals surface area (Å²) in [6.45, 7) is 4.68. The molecule has 0 aliphatic carbocycles. The number of fused-ring (bicyclic) bond motifs is 1. The fourth-order valence-electron chi connectivity index (χ4n) is 4.52. The molecule has 0 bridgehead atoms. The number of para-hydroxylation sites is 1. The monoisotopic (exact) mass is 528 g/mol. The molecule has 1 fully saturated rings. The van der Waals surface area contributed by atoms with Gasteiger partial charge in [-0.25, -0.2) is 0 Å². The normalized spacial score (nSPS) is 16.3. The Morgan fingerprint density at radius 1 is 1.00 bits per heavy atom. The molecule has 4 rings (SSSR count). The van der Waals surface area contributed by atoms with E-state index in [0.717, 1.165) is 18.7 Å². The topological polar surface area (TPSA) is 99.2 Å². The van der Waals surface area contributed by atoms with Crippen LogP contribution in [-0.2, 0) is 4.79 Å². The van der Waals surface area contributed by atoms with Gasteiger partial charge in [-0.15, -0.1) is 0 Å². The first-order chi connectivity index (χ1) is 18.6. The minimum atomic E-state index is -0.0717. The summed E-state index contributed by atoms with van der Waals surface area (Å²) in [5, 5.41) is 9.94. The average molecular weight is 529 g/mol. The van der Waals surface area contributed by atoms with Crippen molar-refractivity contribution < 1.29 is 38.3 Å². The Balaban J connectivity index is 1.27. The Bertz CT molecular complexity index is 1090. The predicted molar refractivity (Wildman–Crippen MR) is 142 cm³/mol. The smallest absolute Gasteiger partial charge is 0.246 e. The maximum absolute atomic E-state index is 12.8. The van der Waals surface area contributed by atoms with Crippen LogP contribution in [0, 0.1) is 5.92 Å². The van der Waals surface area contributed by atoms with Gasteiger partial charge in [0, 0.05) is 44.7 Å². The van der Waals surface area contributed by atoms with E-state index in [1.807, 2.05) is 23.1 Å². The van der Waals surface area contributed by atoms with Crippen LogP contribution in [0.5, 0.6) is 34.5 Å². The van der Waals surface area contributed by atoms with Crippen molar-refractivity contribution in [1.82, 2.24) is 9.80 Å². The van der Waals surface area contributed by atoms with Crippen molar-refractivity contribution in [3.63, 3.8) is 0 Å². The van der Waals surface area contributed by atoms with Crippen LogP contribution < -0.4 is 28.4 Å². The van der Waals surface area contributed by atoms with Gasteiger partial charge in [-0.2, -0.15) is 0 Å². The van der Waals surface area contributed by atoms with Crippen LogP contribution in [-0.4, -0.2) is 101 Å². The first kappa shape index (κ1) is 27.4. The van der Waals surface area contributed by atoms with Gasteiger partial charge in [0.05, 0.1) is 34.5 Å². The first-order valence-electron chi connectivity index (χ1n) is 12.7. The summed E-state index contributed by atoms with van der Waals surface area (Å²) in [5.74, 6) is 3.35. The molecule has 0 saturated carbocycles. The second kappa shape index (κ2) is 13.3. The number of aliphatic hydroxyl groups is 1. The number of carbonyl (C=O) groups excluding carboxylic acids is 1. The van der Waals surface area contributed by atoms with Crippen LogP contribution in [0.25, 0.3) is 6.08 Å². The molecular weight excluding hydrogens is 492 g/mol. The van der Waals surface area contributed by atoms with Gasteiger partial charge in [-0.05, 0) is 35.9 Å². The third kappa shape index (κ3) is 6.62. The highest BCUT2D eigenvalue weighted by atomic mass is 16.6. The van der Waals surface area contributed by atoms with Crippen LogP contribution in [0.2, 0.25) is 0 Å². The standard InChI is InChI=1S/C28H36N2O8/c1-33-24-15-20(16-25(34-2)27(24)35-3)7-8-26(32)30-11-9-29(10-12-30)17-21(18-31)19-38-23-6-4-5-22-28(23)37-14-13-36-22/h4-8,15-16,21,31H,9-14,17-19H2,1-3H3/b8-7+. The molecular formula is C28H36N2O8. The highest BCUT2D eigenvalue weighted by Gasteiger charge is 2.23. The molecule has 1 saturated heterocycles. The molecule has 2 aromatic carbocycles. The number of methoxy groups -OCH3 is 3. The van der Waals surface area contributed by atoms with E-state index in [1.165, 1.54) is 0 Å². The highest BCUT2D eigenvalue weighted by Crippen LogP contribution is 2.39. The number of hydrogen-bond donors (Lipinski definition) is 1. The number of carbonyl (C=O) groups is 1. The zero-order valence-corrected chi connectivity index (χ0v) is 22.2. The molecule has 10 heteroatoms. The second-order valence-corrected chi connectivity index (χ2v) is 9.06. The van der Waals surface area contributed by atoms with E-state index in [-0.39, 0.29) is 18.4 Å². The first-order valence-corrected chi connectivity index (χ1v) is 12.7. The lowest BCUT2D eigenvalue weighted by atomic mass is 10.1. The van der Waals surface area contributed by atoms with Crippen LogP contribution >= 0.6 is 0 Å². The molecule has 2 heterocycles. The van der Waals surface area contributed by atoms with Gasteiger partial charge in [0.2, 0.25) is 17.4 Å². The fraction of sp³-hybridized carbons (Fsp3) is 0.464. The van der Waals surface area contributed by atoms with E-state index in [0.29, 0.717) is 74.0 Å². The third-order valence-corrected chi connectivity index (χ3v) is 6.57. The molecule has 10 nitrogen and oxygen atoms in total. The van der Waals surface area contributed by atoms with E-state index >= 15 is 0 Å². The van der Waals surface area contributed by atoms with E-state index in [1.54, 1.807) is 45.6 Å². The van der Waals surface area contributed by atoms with Crippen molar-refractivity contribution in [3.8, 4) is 34.5 Å². The van der Waals surface area contributed by atoms with E-state index in [4.69, 9.17) is 28.4 Å². The quantitative estimate of drug-likeness (QED) is 0.441. The van der Waals surface area contributed by atoms with Crippen LogP contribution in [0.3, 0.4) is 0 Å². The summed E-state index contributed by atoms with van der Waals surface area (Å²) in [6, 6.07) is 9.15. The van der Waals surface area contributed by atoms with Gasteiger partial charge >= 0.3 is 0 Å². The Morgan fingerprint density at radius 3 is 2.37 bits per heavy atom. The summed E-state index contributed by atoms with van der Waals surface area (Å²) in [6.07, 6.45) is 3.31. The minimum absolute atomic E-state index is 0.00303.